The van der Waals surface area contributed by atoms with Crippen LogP contribution in [0.5, 0.6) is 0 Å². The van der Waals surface area contributed by atoms with Crippen molar-refractivity contribution in [2.45, 2.75) is 33.2 Å². The molecule has 2 aromatic carbocycles. The molecule has 3 aromatic rings. The molecule has 4 rings (SSSR count). The van der Waals surface area contributed by atoms with Crippen LogP contribution in [0.4, 0.5) is 5.69 Å². The minimum atomic E-state index is -0.220. The van der Waals surface area contributed by atoms with Crippen LogP contribution in [-0.2, 0) is 4.79 Å². The van der Waals surface area contributed by atoms with Crippen LogP contribution in [-0.4, -0.2) is 34.4 Å². The highest BCUT2D eigenvalue weighted by atomic mass is 16.2. The van der Waals surface area contributed by atoms with Gasteiger partial charge in [0.05, 0.1) is 28.5 Å². The first-order valence-corrected chi connectivity index (χ1v) is 9.33. The minimum absolute atomic E-state index is 0.0198. The summed E-state index contributed by atoms with van der Waals surface area (Å²) in [6.45, 7) is 6.28. The van der Waals surface area contributed by atoms with Gasteiger partial charge in [-0.2, -0.15) is 0 Å². The predicted molar refractivity (Wildman–Crippen MR) is 108 cm³/mol. The number of rotatable bonds is 3. The molecular weight excluding hydrogens is 352 g/mol. The van der Waals surface area contributed by atoms with E-state index in [1.807, 2.05) is 51.1 Å². The normalized spacial score (nSPS) is 16.6. The molecule has 0 radical (unpaired) electrons. The first-order chi connectivity index (χ1) is 13.4. The molecule has 0 aliphatic carbocycles. The molecule has 0 bridgehead atoms. The number of fused-ring (bicyclic) bond motifs is 1. The third-order valence-electron chi connectivity index (χ3n) is 5.11. The van der Waals surface area contributed by atoms with Crippen molar-refractivity contribution in [2.24, 2.45) is 0 Å². The van der Waals surface area contributed by atoms with Gasteiger partial charge >= 0.3 is 0 Å². The molecule has 28 heavy (non-hydrogen) atoms. The lowest BCUT2D eigenvalue weighted by molar-refractivity contribution is -0.117. The molecule has 1 fully saturated rings. The zero-order chi connectivity index (χ0) is 19.8. The van der Waals surface area contributed by atoms with E-state index in [2.05, 4.69) is 15.3 Å². The minimum Gasteiger partial charge on any atom is -0.347 e. The Labute approximate surface area is 163 Å². The lowest BCUT2D eigenvalue weighted by Gasteiger charge is -2.18. The number of nitrogens with zero attached hydrogens (tertiary/aromatic N) is 3. The van der Waals surface area contributed by atoms with Gasteiger partial charge in [0.2, 0.25) is 5.91 Å². The first-order valence-electron chi connectivity index (χ1n) is 9.33. The number of hydrogen-bond acceptors (Lipinski definition) is 4. The third kappa shape index (κ3) is 3.45. The van der Waals surface area contributed by atoms with Gasteiger partial charge in [0.1, 0.15) is 0 Å². The molecule has 1 atom stereocenters. The van der Waals surface area contributed by atoms with E-state index in [1.165, 1.54) is 0 Å². The van der Waals surface area contributed by atoms with E-state index < -0.39 is 0 Å². The van der Waals surface area contributed by atoms with Gasteiger partial charge in [0, 0.05) is 24.2 Å². The highest BCUT2D eigenvalue weighted by molar-refractivity contribution is 6.00. The van der Waals surface area contributed by atoms with Crippen LogP contribution in [0.15, 0.2) is 42.5 Å². The molecule has 1 aromatic heterocycles. The van der Waals surface area contributed by atoms with Gasteiger partial charge in [0.25, 0.3) is 5.91 Å². The lowest BCUT2D eigenvalue weighted by atomic mass is 10.1. The Balaban J connectivity index is 1.50. The van der Waals surface area contributed by atoms with Crippen molar-refractivity contribution < 1.29 is 9.59 Å². The Morgan fingerprint density at radius 2 is 1.79 bits per heavy atom. The molecule has 0 unspecified atom stereocenters. The Bertz CT molecular complexity index is 1090. The summed E-state index contributed by atoms with van der Waals surface area (Å²) in [4.78, 5) is 35.9. The van der Waals surface area contributed by atoms with Crippen molar-refractivity contribution in [1.82, 2.24) is 15.3 Å². The monoisotopic (exact) mass is 374 g/mol. The largest absolute Gasteiger partial charge is 0.347 e. The Kier molecular flexibility index (Phi) is 4.55. The third-order valence-corrected chi connectivity index (χ3v) is 5.11. The van der Waals surface area contributed by atoms with Crippen LogP contribution in [0, 0.1) is 20.8 Å². The van der Waals surface area contributed by atoms with Gasteiger partial charge in [-0.05, 0) is 56.7 Å². The molecule has 0 saturated carbocycles. The second-order valence-electron chi connectivity index (χ2n) is 7.32. The number of carbonyl (C=O) groups is 2. The van der Waals surface area contributed by atoms with Crippen molar-refractivity contribution in [3.63, 3.8) is 0 Å². The van der Waals surface area contributed by atoms with Crippen molar-refractivity contribution in [1.29, 1.82) is 0 Å². The molecular formula is C22H22N4O2. The number of benzene rings is 2. The van der Waals surface area contributed by atoms with Gasteiger partial charge < -0.3 is 10.2 Å². The molecule has 1 saturated heterocycles. The second kappa shape index (κ2) is 7.03. The van der Waals surface area contributed by atoms with E-state index in [4.69, 9.17) is 0 Å². The van der Waals surface area contributed by atoms with E-state index in [0.29, 0.717) is 24.0 Å². The van der Waals surface area contributed by atoms with Crippen LogP contribution in [0.2, 0.25) is 0 Å². The standard InChI is InChI=1S/C22H22N4O2/c1-13-5-4-6-18(9-13)26-12-17(11-21(26)27)25-22(28)16-7-8-19-20(10-16)24-15(3)14(2)23-19/h4-10,17H,11-12H2,1-3H3,(H,25,28)/t17-/m0/s1. The summed E-state index contributed by atoms with van der Waals surface area (Å²) >= 11 is 0. The Hall–Kier alpha value is -3.28. The van der Waals surface area contributed by atoms with E-state index in [1.54, 1.807) is 17.0 Å². The fraction of sp³-hybridized carbons (Fsp3) is 0.273. The fourth-order valence-electron chi connectivity index (χ4n) is 3.49. The Morgan fingerprint density at radius 1 is 1.04 bits per heavy atom. The van der Waals surface area contributed by atoms with Crippen molar-refractivity contribution in [2.75, 3.05) is 11.4 Å². The zero-order valence-corrected chi connectivity index (χ0v) is 16.2. The van der Waals surface area contributed by atoms with Crippen molar-refractivity contribution >= 4 is 28.5 Å². The molecule has 2 amide bonds. The van der Waals surface area contributed by atoms with Gasteiger partial charge in [-0.25, -0.2) is 9.97 Å². The summed E-state index contributed by atoms with van der Waals surface area (Å²) in [5, 5.41) is 2.98. The SMILES string of the molecule is Cc1cccc(N2C[C@@H](NC(=O)c3ccc4nc(C)c(C)nc4c3)CC2=O)c1. The molecule has 6 nitrogen and oxygen atoms in total. The van der Waals surface area contributed by atoms with Crippen LogP contribution in [0.25, 0.3) is 11.0 Å². The second-order valence-corrected chi connectivity index (χ2v) is 7.32. The number of carbonyl (C=O) groups excluding carboxylic acids is 2. The Morgan fingerprint density at radius 3 is 2.54 bits per heavy atom. The fourth-order valence-corrected chi connectivity index (χ4v) is 3.49. The topological polar surface area (TPSA) is 75.2 Å². The quantitative estimate of drug-likeness (QED) is 0.764. The highest BCUT2D eigenvalue weighted by Gasteiger charge is 2.31. The summed E-state index contributed by atoms with van der Waals surface area (Å²) in [6, 6.07) is 12.9. The van der Waals surface area contributed by atoms with E-state index >= 15 is 0 Å². The smallest absolute Gasteiger partial charge is 0.251 e. The van der Waals surface area contributed by atoms with Gasteiger partial charge in [0.15, 0.2) is 0 Å². The molecule has 1 N–H and O–H groups in total. The van der Waals surface area contributed by atoms with E-state index in [9.17, 15) is 9.59 Å². The molecule has 1 aliphatic rings. The number of anilines is 1. The molecule has 1 aliphatic heterocycles. The van der Waals surface area contributed by atoms with Crippen LogP contribution >= 0.6 is 0 Å². The summed E-state index contributed by atoms with van der Waals surface area (Å²) in [5.41, 5.74) is 5.67. The molecule has 2 heterocycles. The summed E-state index contributed by atoms with van der Waals surface area (Å²) in [7, 11) is 0. The number of nitrogens with one attached hydrogen (secondary N) is 1. The number of aromatic nitrogens is 2. The van der Waals surface area contributed by atoms with Gasteiger partial charge in [-0.15, -0.1) is 0 Å². The number of aryl methyl sites for hydroxylation is 3. The predicted octanol–water partition coefficient (Wildman–Crippen LogP) is 3.09. The summed E-state index contributed by atoms with van der Waals surface area (Å²) in [5.74, 6) is -0.183. The van der Waals surface area contributed by atoms with E-state index in [-0.39, 0.29) is 17.9 Å². The molecule has 0 spiro atoms. The maximum Gasteiger partial charge on any atom is 0.251 e. The van der Waals surface area contributed by atoms with Crippen LogP contribution in [0.3, 0.4) is 0 Å². The van der Waals surface area contributed by atoms with Crippen molar-refractivity contribution in [3.05, 3.63) is 65.0 Å². The molecule has 142 valence electrons. The van der Waals surface area contributed by atoms with Crippen LogP contribution in [0.1, 0.15) is 33.7 Å². The van der Waals surface area contributed by atoms with E-state index in [0.717, 1.165) is 28.2 Å². The molecule has 6 heteroatoms. The average molecular weight is 374 g/mol. The van der Waals surface area contributed by atoms with Gasteiger partial charge in [-0.1, -0.05) is 12.1 Å². The lowest BCUT2D eigenvalue weighted by Crippen LogP contribution is -2.37. The maximum absolute atomic E-state index is 12.7. The highest BCUT2D eigenvalue weighted by Crippen LogP contribution is 2.23. The summed E-state index contributed by atoms with van der Waals surface area (Å²) < 4.78 is 0. The zero-order valence-electron chi connectivity index (χ0n) is 16.2. The average Bonchev–Trinajstić information content (AvgIpc) is 3.02. The number of hydrogen-bond donors (Lipinski definition) is 1. The summed E-state index contributed by atoms with van der Waals surface area (Å²) in [6.07, 6.45) is 0.297. The van der Waals surface area contributed by atoms with Crippen molar-refractivity contribution in [3.8, 4) is 0 Å². The van der Waals surface area contributed by atoms with Crippen LogP contribution < -0.4 is 10.2 Å². The maximum atomic E-state index is 12.7. The van der Waals surface area contributed by atoms with Gasteiger partial charge in [-0.3, -0.25) is 9.59 Å². The number of amides is 2. The first kappa shape index (κ1) is 18.1.